The summed E-state index contributed by atoms with van der Waals surface area (Å²) in [5, 5.41) is 4.58. The molecule has 0 saturated heterocycles. The van der Waals surface area contributed by atoms with Gasteiger partial charge in [-0.25, -0.2) is 4.68 Å². The van der Waals surface area contributed by atoms with Gasteiger partial charge in [-0.1, -0.05) is 109 Å². The highest BCUT2D eigenvalue weighted by Crippen LogP contribution is 2.48. The maximum Gasteiger partial charge on any atom is 0.228 e. The van der Waals surface area contributed by atoms with E-state index in [1.807, 2.05) is 30.3 Å². The van der Waals surface area contributed by atoms with Gasteiger partial charge in [0.1, 0.15) is 5.69 Å². The summed E-state index contributed by atoms with van der Waals surface area (Å²) in [5.41, 5.74) is 4.64. The Morgan fingerprint density at radius 1 is 0.900 bits per heavy atom. The van der Waals surface area contributed by atoms with E-state index in [-0.39, 0.29) is 24.0 Å². The van der Waals surface area contributed by atoms with Crippen LogP contribution in [0.15, 0.2) is 122 Å². The summed E-state index contributed by atoms with van der Waals surface area (Å²) in [6.07, 6.45) is 11.0. The fraction of sp³-hybridized carbons (Fsp3) is 0.121. The predicted octanol–water partition coefficient (Wildman–Crippen LogP) is 7.00. The van der Waals surface area contributed by atoms with Crippen LogP contribution < -0.4 is 4.90 Å². The fourth-order valence-corrected chi connectivity index (χ4v) is 6.46. The molecule has 0 atom stereocenters. The van der Waals surface area contributed by atoms with Crippen molar-refractivity contribution in [3.8, 4) is 18.0 Å². The Morgan fingerprint density at radius 3 is 1.98 bits per heavy atom. The number of carbonyl (C=O) groups excluding carboxylic acids is 1. The van der Waals surface area contributed by atoms with Crippen molar-refractivity contribution in [1.82, 2.24) is 14.8 Å². The molecule has 5 rings (SSSR count). The van der Waals surface area contributed by atoms with Crippen LogP contribution >= 0.6 is 23.4 Å². The molecule has 198 valence electrons. The lowest BCUT2D eigenvalue weighted by atomic mass is 9.84. The molecule has 5 aromatic rings. The number of thioether (sulfide) groups is 1. The van der Waals surface area contributed by atoms with E-state index in [9.17, 15) is 4.79 Å². The van der Waals surface area contributed by atoms with Crippen molar-refractivity contribution >= 4 is 35.0 Å². The van der Waals surface area contributed by atoms with Gasteiger partial charge in [0, 0.05) is 18.4 Å². The summed E-state index contributed by atoms with van der Waals surface area (Å²) in [7, 11) is 0. The Labute approximate surface area is 243 Å². The molecular weight excluding hydrogens is 536 g/mol. The lowest BCUT2D eigenvalue weighted by Crippen LogP contribution is -2.32. The Hall–Kier alpha value is -4.31. The predicted molar refractivity (Wildman–Crippen MR) is 164 cm³/mol. The topological polar surface area (TPSA) is 51.0 Å². The summed E-state index contributed by atoms with van der Waals surface area (Å²) < 4.78 is 1.09. The molecular formula is C33H27ClN4OS. The number of anilines is 1. The second-order valence-electron chi connectivity index (χ2n) is 9.02. The van der Waals surface area contributed by atoms with Crippen molar-refractivity contribution in [2.75, 3.05) is 17.2 Å². The number of amides is 1. The number of hydrogen-bond acceptors (Lipinski definition) is 4. The van der Waals surface area contributed by atoms with Gasteiger partial charge in [0.05, 0.1) is 29.4 Å². The zero-order valence-corrected chi connectivity index (χ0v) is 23.3. The molecule has 40 heavy (non-hydrogen) atoms. The minimum absolute atomic E-state index is 0.0865. The van der Waals surface area contributed by atoms with Gasteiger partial charge in [-0.15, -0.1) is 18.2 Å². The Bertz CT molecular complexity index is 1490. The Morgan fingerprint density at radius 2 is 1.48 bits per heavy atom. The van der Waals surface area contributed by atoms with Gasteiger partial charge in [-0.3, -0.25) is 14.7 Å². The van der Waals surface area contributed by atoms with Crippen LogP contribution in [0.1, 0.15) is 23.1 Å². The monoisotopic (exact) mass is 562 g/mol. The van der Waals surface area contributed by atoms with Crippen LogP contribution in [0.25, 0.3) is 5.69 Å². The molecule has 0 unspecified atom stereocenters. The van der Waals surface area contributed by atoms with E-state index >= 15 is 0 Å². The van der Waals surface area contributed by atoms with Gasteiger partial charge >= 0.3 is 0 Å². The first-order chi connectivity index (χ1) is 19.6. The van der Waals surface area contributed by atoms with E-state index in [0.717, 1.165) is 22.4 Å². The number of aromatic nitrogens is 3. The van der Waals surface area contributed by atoms with E-state index in [0.29, 0.717) is 11.4 Å². The standard InChI is InChI=1S/C33H27ClN4OS/c1-2-22-37(30-25-38(36-32(30)34)29-19-12-21-35-24-29)31(39)20-23-40-33(26-13-6-3-7-14-26,27-15-8-4-9-16-27)28-17-10-5-11-18-28/h1,3-19,21,24-25H,20,22-23H2. The summed E-state index contributed by atoms with van der Waals surface area (Å²) in [5.74, 6) is 3.02. The highest BCUT2D eigenvalue weighted by molar-refractivity contribution is 8.00. The van der Waals surface area contributed by atoms with Gasteiger partial charge in [-0.05, 0) is 28.8 Å². The first-order valence-electron chi connectivity index (χ1n) is 12.8. The van der Waals surface area contributed by atoms with Crippen molar-refractivity contribution in [3.63, 3.8) is 0 Å². The average Bonchev–Trinajstić information content (AvgIpc) is 3.41. The minimum atomic E-state index is -0.510. The van der Waals surface area contributed by atoms with E-state index in [2.05, 4.69) is 88.8 Å². The quantitative estimate of drug-likeness (QED) is 0.136. The molecule has 1 amide bonds. The molecule has 7 heteroatoms. The number of benzene rings is 3. The average molecular weight is 563 g/mol. The molecule has 0 N–H and O–H groups in total. The summed E-state index contributed by atoms with van der Waals surface area (Å²) >= 11 is 8.23. The molecule has 3 aromatic carbocycles. The number of hydrogen-bond donors (Lipinski definition) is 0. The number of pyridine rings is 1. The molecule has 0 saturated carbocycles. The largest absolute Gasteiger partial charge is 0.296 e. The number of rotatable bonds is 10. The summed E-state index contributed by atoms with van der Waals surface area (Å²) in [6, 6.07) is 34.9. The van der Waals surface area contributed by atoms with Gasteiger partial charge in [0.15, 0.2) is 5.15 Å². The number of carbonyl (C=O) groups is 1. The molecule has 0 bridgehead atoms. The first kappa shape index (κ1) is 27.3. The SMILES string of the molecule is C#CCN(C(=O)CCSC(c1ccccc1)(c1ccccc1)c1ccccc1)c1cn(-c2cccnc2)nc1Cl. The third kappa shape index (κ3) is 5.67. The van der Waals surface area contributed by atoms with E-state index in [4.69, 9.17) is 18.0 Å². The lowest BCUT2D eigenvalue weighted by molar-refractivity contribution is -0.118. The van der Waals surface area contributed by atoms with E-state index < -0.39 is 4.75 Å². The van der Waals surface area contributed by atoms with Crippen LogP contribution in [0, 0.1) is 12.3 Å². The zero-order chi connectivity index (χ0) is 27.8. The second kappa shape index (κ2) is 12.7. The van der Waals surface area contributed by atoms with Crippen molar-refractivity contribution in [3.05, 3.63) is 144 Å². The zero-order valence-electron chi connectivity index (χ0n) is 21.7. The van der Waals surface area contributed by atoms with Crippen molar-refractivity contribution in [1.29, 1.82) is 0 Å². The first-order valence-corrected chi connectivity index (χ1v) is 14.2. The highest BCUT2D eigenvalue weighted by Gasteiger charge is 2.37. The lowest BCUT2D eigenvalue weighted by Gasteiger charge is -2.35. The third-order valence-corrected chi connectivity index (χ3v) is 8.40. The maximum absolute atomic E-state index is 13.6. The van der Waals surface area contributed by atoms with Crippen LogP contribution in [0.5, 0.6) is 0 Å². The number of nitrogens with zero attached hydrogens (tertiary/aromatic N) is 4. The van der Waals surface area contributed by atoms with E-state index in [1.165, 1.54) is 4.90 Å². The summed E-state index contributed by atoms with van der Waals surface area (Å²) in [6.45, 7) is 0.0865. The number of terminal acetylenes is 1. The number of halogens is 1. The Balaban J connectivity index is 1.44. The fourth-order valence-electron chi connectivity index (χ4n) is 4.74. The van der Waals surface area contributed by atoms with Crippen molar-refractivity contribution in [2.24, 2.45) is 0 Å². The molecule has 5 nitrogen and oxygen atoms in total. The molecule has 0 aliphatic rings. The molecule has 0 radical (unpaired) electrons. The normalized spacial score (nSPS) is 11.1. The highest BCUT2D eigenvalue weighted by atomic mass is 35.5. The maximum atomic E-state index is 13.6. The second-order valence-corrected chi connectivity index (χ2v) is 10.7. The van der Waals surface area contributed by atoms with Gasteiger partial charge in [0.25, 0.3) is 0 Å². The molecule has 2 aromatic heterocycles. The van der Waals surface area contributed by atoms with Gasteiger partial charge in [0.2, 0.25) is 5.91 Å². The van der Waals surface area contributed by atoms with Crippen molar-refractivity contribution in [2.45, 2.75) is 11.2 Å². The van der Waals surface area contributed by atoms with Gasteiger partial charge in [-0.2, -0.15) is 5.10 Å². The minimum Gasteiger partial charge on any atom is -0.296 e. The van der Waals surface area contributed by atoms with Crippen LogP contribution in [0.2, 0.25) is 5.15 Å². The molecule has 0 aliphatic carbocycles. The summed E-state index contributed by atoms with van der Waals surface area (Å²) in [4.78, 5) is 19.3. The van der Waals surface area contributed by atoms with Crippen molar-refractivity contribution < 1.29 is 4.79 Å². The third-order valence-electron chi connectivity index (χ3n) is 6.58. The molecule has 0 fully saturated rings. The molecule has 0 spiro atoms. The molecule has 0 aliphatic heterocycles. The van der Waals surface area contributed by atoms with Crippen LogP contribution in [0.4, 0.5) is 5.69 Å². The van der Waals surface area contributed by atoms with Crippen LogP contribution in [-0.2, 0) is 9.54 Å². The van der Waals surface area contributed by atoms with Crippen LogP contribution in [-0.4, -0.2) is 33.0 Å². The van der Waals surface area contributed by atoms with E-state index in [1.54, 1.807) is 35.0 Å². The van der Waals surface area contributed by atoms with Crippen LogP contribution in [0.3, 0.4) is 0 Å². The molecule has 2 heterocycles. The van der Waals surface area contributed by atoms with Gasteiger partial charge < -0.3 is 0 Å². The smallest absolute Gasteiger partial charge is 0.228 e. The Kier molecular flexibility index (Phi) is 8.65.